The van der Waals surface area contributed by atoms with Crippen LogP contribution < -0.4 is 4.83 Å². The van der Waals surface area contributed by atoms with E-state index >= 15 is 0 Å². The second-order valence-electron chi connectivity index (χ2n) is 2.87. The average Bonchev–Trinajstić information content (AvgIpc) is 2.48. The van der Waals surface area contributed by atoms with Gasteiger partial charge in [-0.15, -0.1) is 4.83 Å². The Kier molecular flexibility index (Phi) is 3.21. The quantitative estimate of drug-likeness (QED) is 0.545. The molecular formula is C6H12N4O3S. The Labute approximate surface area is 81.8 Å². The van der Waals surface area contributed by atoms with E-state index in [-0.39, 0.29) is 17.2 Å². The van der Waals surface area contributed by atoms with Crippen molar-refractivity contribution < 1.29 is 13.5 Å². The van der Waals surface area contributed by atoms with Gasteiger partial charge in [-0.25, -0.2) is 13.4 Å². The Morgan fingerprint density at radius 2 is 2.29 bits per heavy atom. The molecule has 1 heterocycles. The van der Waals surface area contributed by atoms with Crippen molar-refractivity contribution in [3.8, 4) is 0 Å². The molecule has 0 fully saturated rings. The number of nitrogens with one attached hydrogen (secondary N) is 2. The number of hydrogen-bond donors (Lipinski definition) is 3. The van der Waals surface area contributed by atoms with E-state index in [9.17, 15) is 8.42 Å². The largest absolute Gasteiger partial charge is 0.392 e. The first-order valence-electron chi connectivity index (χ1n) is 3.80. The smallest absolute Gasteiger partial charge is 0.270 e. The predicted molar refractivity (Wildman–Crippen MR) is 48.5 cm³/mol. The van der Waals surface area contributed by atoms with E-state index in [0.717, 1.165) is 0 Å². The van der Waals surface area contributed by atoms with Crippen LogP contribution in [0.1, 0.15) is 5.56 Å². The zero-order chi connectivity index (χ0) is 10.8. The lowest BCUT2D eigenvalue weighted by molar-refractivity contribution is 0.278. The van der Waals surface area contributed by atoms with Gasteiger partial charge in [0.05, 0.1) is 12.8 Å². The van der Waals surface area contributed by atoms with Gasteiger partial charge in [0, 0.05) is 19.7 Å². The molecule has 0 atom stereocenters. The van der Waals surface area contributed by atoms with Crippen LogP contribution in [0.15, 0.2) is 11.2 Å². The molecule has 0 unspecified atom stereocenters. The molecular weight excluding hydrogens is 208 g/mol. The van der Waals surface area contributed by atoms with Crippen molar-refractivity contribution in [1.29, 1.82) is 0 Å². The Morgan fingerprint density at radius 3 is 2.79 bits per heavy atom. The second-order valence-corrected chi connectivity index (χ2v) is 4.47. The summed E-state index contributed by atoms with van der Waals surface area (Å²) in [6, 6.07) is 0. The fourth-order valence-electron chi connectivity index (χ4n) is 0.931. The van der Waals surface area contributed by atoms with Crippen molar-refractivity contribution in [2.24, 2.45) is 0 Å². The van der Waals surface area contributed by atoms with Crippen LogP contribution in [0.25, 0.3) is 0 Å². The minimum Gasteiger partial charge on any atom is -0.392 e. The molecule has 3 N–H and O–H groups in total. The summed E-state index contributed by atoms with van der Waals surface area (Å²) in [6.45, 7) is -0.375. The summed E-state index contributed by atoms with van der Waals surface area (Å²) in [6.07, 6.45) is 1.27. The molecule has 14 heavy (non-hydrogen) atoms. The highest BCUT2D eigenvalue weighted by atomic mass is 32.2. The molecule has 0 aliphatic heterocycles. The highest BCUT2D eigenvalue weighted by Crippen LogP contribution is 2.10. The van der Waals surface area contributed by atoms with E-state index in [1.807, 2.05) is 0 Å². The number of aliphatic hydroxyl groups is 1. The second kappa shape index (κ2) is 4.05. The van der Waals surface area contributed by atoms with E-state index in [1.54, 1.807) is 14.1 Å². The molecule has 0 amide bonds. The van der Waals surface area contributed by atoms with Crippen LogP contribution >= 0.6 is 0 Å². The minimum absolute atomic E-state index is 0.117. The number of hydrazine groups is 1. The number of hydrogen-bond acceptors (Lipinski definition) is 5. The molecule has 0 aliphatic rings. The van der Waals surface area contributed by atoms with E-state index < -0.39 is 10.0 Å². The van der Waals surface area contributed by atoms with Crippen LogP contribution in [0.2, 0.25) is 0 Å². The van der Waals surface area contributed by atoms with E-state index in [2.05, 4.69) is 15.0 Å². The van der Waals surface area contributed by atoms with Crippen LogP contribution in [0.3, 0.4) is 0 Å². The van der Waals surface area contributed by atoms with Gasteiger partial charge >= 0.3 is 0 Å². The topological polar surface area (TPSA) is 98.3 Å². The van der Waals surface area contributed by atoms with E-state index in [4.69, 9.17) is 5.11 Å². The van der Waals surface area contributed by atoms with Gasteiger partial charge in [0.2, 0.25) is 0 Å². The maximum atomic E-state index is 11.5. The number of sulfonamides is 1. The number of nitrogens with zero attached hydrogens (tertiary/aromatic N) is 2. The van der Waals surface area contributed by atoms with Gasteiger partial charge in [-0.05, 0) is 0 Å². The molecule has 1 aromatic heterocycles. The fourth-order valence-corrected chi connectivity index (χ4v) is 2.14. The molecule has 0 aromatic carbocycles. The van der Waals surface area contributed by atoms with Crippen molar-refractivity contribution in [3.63, 3.8) is 0 Å². The highest BCUT2D eigenvalue weighted by molar-refractivity contribution is 7.89. The maximum Gasteiger partial charge on any atom is 0.270 e. The summed E-state index contributed by atoms with van der Waals surface area (Å²) >= 11 is 0. The Hall–Kier alpha value is -0.960. The van der Waals surface area contributed by atoms with Gasteiger partial charge in [-0.1, -0.05) is 0 Å². The van der Waals surface area contributed by atoms with Crippen LogP contribution in [-0.4, -0.2) is 42.8 Å². The Morgan fingerprint density at radius 1 is 1.64 bits per heavy atom. The van der Waals surface area contributed by atoms with Crippen molar-refractivity contribution in [3.05, 3.63) is 11.8 Å². The standard InChI is InChI=1S/C6H12N4O3S/c1-10(2)9-14(12,13)6-5(4-11)3-7-8-6/h3,9,11H,4H2,1-2H3,(H,7,8). The van der Waals surface area contributed by atoms with Gasteiger partial charge in [0.25, 0.3) is 10.0 Å². The van der Waals surface area contributed by atoms with Gasteiger partial charge in [0.15, 0.2) is 5.03 Å². The summed E-state index contributed by atoms with van der Waals surface area (Å²) in [5.41, 5.74) is 0.236. The maximum absolute atomic E-state index is 11.5. The lowest BCUT2D eigenvalue weighted by Crippen LogP contribution is -2.36. The number of aromatic nitrogens is 2. The van der Waals surface area contributed by atoms with Gasteiger partial charge in [-0.2, -0.15) is 5.10 Å². The molecule has 0 bridgehead atoms. The fraction of sp³-hybridized carbons (Fsp3) is 0.500. The summed E-state index contributed by atoms with van der Waals surface area (Å²) < 4.78 is 23.1. The molecule has 0 radical (unpaired) electrons. The van der Waals surface area contributed by atoms with Crippen LogP contribution in [0.5, 0.6) is 0 Å². The zero-order valence-electron chi connectivity index (χ0n) is 7.85. The predicted octanol–water partition coefficient (Wildman–Crippen LogP) is -1.34. The lowest BCUT2D eigenvalue weighted by Gasteiger charge is -2.11. The van der Waals surface area contributed by atoms with Crippen molar-refractivity contribution >= 4 is 10.0 Å². The van der Waals surface area contributed by atoms with Gasteiger partial charge < -0.3 is 5.11 Å². The Balaban J connectivity index is 3.04. The van der Waals surface area contributed by atoms with Crippen molar-refractivity contribution in [2.75, 3.05) is 14.1 Å². The molecule has 0 saturated carbocycles. The summed E-state index contributed by atoms with van der Waals surface area (Å²) in [5, 5.41) is 15.9. The third kappa shape index (κ3) is 2.29. The minimum atomic E-state index is -3.66. The lowest BCUT2D eigenvalue weighted by atomic mass is 10.4. The van der Waals surface area contributed by atoms with Crippen LogP contribution in [-0.2, 0) is 16.6 Å². The van der Waals surface area contributed by atoms with Crippen LogP contribution in [0.4, 0.5) is 0 Å². The number of aromatic amines is 1. The first kappa shape index (κ1) is 11.1. The average molecular weight is 220 g/mol. The molecule has 7 nitrogen and oxygen atoms in total. The summed E-state index contributed by atoms with van der Waals surface area (Å²) in [4.78, 5) is 2.22. The molecule has 8 heteroatoms. The molecule has 0 saturated heterocycles. The highest BCUT2D eigenvalue weighted by Gasteiger charge is 2.20. The van der Waals surface area contributed by atoms with Gasteiger partial charge in [-0.3, -0.25) is 5.10 Å². The number of aliphatic hydroxyl groups excluding tert-OH is 1. The molecule has 1 rings (SSSR count). The van der Waals surface area contributed by atoms with Gasteiger partial charge in [0.1, 0.15) is 0 Å². The number of rotatable bonds is 4. The first-order valence-corrected chi connectivity index (χ1v) is 5.28. The number of H-pyrrole nitrogens is 1. The Bertz CT molecular complexity index is 397. The summed E-state index contributed by atoms with van der Waals surface area (Å²) in [5.74, 6) is 0. The molecule has 0 spiro atoms. The SMILES string of the molecule is CN(C)NS(=O)(=O)c1[nH]ncc1CO. The normalized spacial score (nSPS) is 12.3. The van der Waals surface area contributed by atoms with Crippen LogP contribution in [0, 0.1) is 0 Å². The summed E-state index contributed by atoms with van der Waals surface area (Å²) in [7, 11) is -0.565. The first-order chi connectivity index (χ1) is 6.47. The molecule has 1 aromatic rings. The van der Waals surface area contributed by atoms with Crippen molar-refractivity contribution in [2.45, 2.75) is 11.6 Å². The van der Waals surface area contributed by atoms with E-state index in [1.165, 1.54) is 11.2 Å². The third-order valence-electron chi connectivity index (χ3n) is 1.42. The third-order valence-corrected chi connectivity index (χ3v) is 2.92. The van der Waals surface area contributed by atoms with E-state index in [0.29, 0.717) is 0 Å². The molecule has 0 aliphatic carbocycles. The molecule has 80 valence electrons. The van der Waals surface area contributed by atoms with Crippen molar-refractivity contribution in [1.82, 2.24) is 20.0 Å². The monoisotopic (exact) mass is 220 g/mol. The zero-order valence-corrected chi connectivity index (χ0v) is 8.67.